The molecule has 0 bridgehead atoms. The highest BCUT2D eigenvalue weighted by Gasteiger charge is 2.04. The van der Waals surface area contributed by atoms with Gasteiger partial charge in [0.1, 0.15) is 12.3 Å². The minimum Gasteiger partial charge on any atom is -0.500 e. The number of aliphatic carboxylic acids is 1. The van der Waals surface area contributed by atoms with Crippen molar-refractivity contribution in [1.29, 1.82) is 5.26 Å². The van der Waals surface area contributed by atoms with Crippen LogP contribution in [-0.4, -0.2) is 17.7 Å². The summed E-state index contributed by atoms with van der Waals surface area (Å²) in [6.45, 7) is 2.06. The molecule has 54 valence electrons. The second kappa shape index (κ2) is 4.39. The molecule has 10 heavy (non-hydrogen) atoms. The van der Waals surface area contributed by atoms with Crippen LogP contribution in [0.15, 0.2) is 11.8 Å². The molecule has 0 rings (SSSR count). The number of carboxylic acid groups (broad SMARTS) is 1. The summed E-state index contributed by atoms with van der Waals surface area (Å²) >= 11 is 0. The highest BCUT2D eigenvalue weighted by Crippen LogP contribution is 1.91. The lowest BCUT2D eigenvalue weighted by atomic mass is 10.3. The van der Waals surface area contributed by atoms with E-state index in [2.05, 4.69) is 4.74 Å². The quantitative estimate of drug-likeness (QED) is 0.353. The Balaban J connectivity index is 4.09. The highest BCUT2D eigenvalue weighted by atomic mass is 16.5. The van der Waals surface area contributed by atoms with Gasteiger partial charge >= 0.3 is 5.97 Å². The van der Waals surface area contributed by atoms with Crippen LogP contribution >= 0.6 is 0 Å². The largest absolute Gasteiger partial charge is 0.500 e. The first-order chi connectivity index (χ1) is 4.72. The average molecular weight is 141 g/mol. The molecule has 0 aromatic carbocycles. The lowest BCUT2D eigenvalue weighted by molar-refractivity contribution is -0.132. The molecule has 0 spiro atoms. The Morgan fingerprint density at radius 2 is 2.50 bits per heavy atom. The molecule has 0 heterocycles. The normalized spacial score (nSPS) is 10.2. The van der Waals surface area contributed by atoms with Crippen LogP contribution in [0.25, 0.3) is 0 Å². The Hall–Kier alpha value is -1.50. The number of rotatable bonds is 3. The number of ether oxygens (including phenoxy) is 1. The number of hydrogen-bond acceptors (Lipinski definition) is 3. The monoisotopic (exact) mass is 141 g/mol. The zero-order valence-electron chi connectivity index (χ0n) is 5.50. The second-order valence-corrected chi connectivity index (χ2v) is 1.40. The zero-order chi connectivity index (χ0) is 7.98. The molecule has 0 aliphatic heterocycles. The van der Waals surface area contributed by atoms with Crippen molar-refractivity contribution in [3.05, 3.63) is 11.8 Å². The molecule has 0 saturated carbocycles. The van der Waals surface area contributed by atoms with Crippen molar-refractivity contribution < 1.29 is 14.6 Å². The molecule has 0 unspecified atom stereocenters. The van der Waals surface area contributed by atoms with E-state index >= 15 is 0 Å². The molecule has 0 atom stereocenters. The van der Waals surface area contributed by atoms with Crippen LogP contribution in [-0.2, 0) is 9.53 Å². The van der Waals surface area contributed by atoms with E-state index in [0.717, 1.165) is 6.26 Å². The minimum absolute atomic E-state index is 0.360. The van der Waals surface area contributed by atoms with Gasteiger partial charge in [-0.05, 0) is 6.92 Å². The van der Waals surface area contributed by atoms with Crippen LogP contribution in [0.2, 0.25) is 0 Å². The predicted octanol–water partition coefficient (Wildman–Crippen LogP) is 0.515. The molecule has 0 radical (unpaired) electrons. The molecule has 0 amide bonds. The number of carbonyl (C=O) groups is 1. The van der Waals surface area contributed by atoms with E-state index < -0.39 is 5.97 Å². The van der Waals surface area contributed by atoms with Crippen LogP contribution in [0.3, 0.4) is 0 Å². The van der Waals surface area contributed by atoms with Crippen molar-refractivity contribution in [1.82, 2.24) is 0 Å². The molecule has 0 aromatic rings. The van der Waals surface area contributed by atoms with Crippen LogP contribution in [0, 0.1) is 11.3 Å². The standard InChI is InChI=1S/C6H7NO3/c1-2-10-4-5(3-7)6(8)9/h4H,2H2,1H3,(H,8,9)/b5-4-. The van der Waals surface area contributed by atoms with E-state index in [4.69, 9.17) is 10.4 Å². The minimum atomic E-state index is -1.27. The predicted molar refractivity (Wildman–Crippen MR) is 33.0 cm³/mol. The third-order valence-corrected chi connectivity index (χ3v) is 0.719. The first-order valence-corrected chi connectivity index (χ1v) is 2.67. The lowest BCUT2D eigenvalue weighted by Crippen LogP contribution is -1.98. The van der Waals surface area contributed by atoms with Crippen molar-refractivity contribution in [3.8, 4) is 6.07 Å². The van der Waals surface area contributed by atoms with Gasteiger partial charge in [-0.2, -0.15) is 5.26 Å². The summed E-state index contributed by atoms with van der Waals surface area (Å²) in [7, 11) is 0. The van der Waals surface area contributed by atoms with E-state index in [1.54, 1.807) is 6.92 Å². The summed E-state index contributed by atoms with van der Waals surface area (Å²) < 4.78 is 4.58. The summed E-state index contributed by atoms with van der Waals surface area (Å²) in [4.78, 5) is 10.1. The molecule has 0 fully saturated rings. The van der Waals surface area contributed by atoms with E-state index in [0.29, 0.717) is 6.61 Å². The van der Waals surface area contributed by atoms with Crippen molar-refractivity contribution in [2.24, 2.45) is 0 Å². The SMILES string of the molecule is CCO/C=C(/C#N)C(=O)O. The van der Waals surface area contributed by atoms with Crippen LogP contribution in [0.4, 0.5) is 0 Å². The van der Waals surface area contributed by atoms with Gasteiger partial charge in [-0.15, -0.1) is 0 Å². The van der Waals surface area contributed by atoms with Gasteiger partial charge in [0, 0.05) is 0 Å². The van der Waals surface area contributed by atoms with Crippen molar-refractivity contribution in [2.45, 2.75) is 6.92 Å². The molecule has 4 nitrogen and oxygen atoms in total. The Labute approximate surface area is 58.3 Å². The zero-order valence-corrected chi connectivity index (χ0v) is 5.50. The van der Waals surface area contributed by atoms with E-state index in [-0.39, 0.29) is 5.57 Å². The summed E-state index contributed by atoms with van der Waals surface area (Å²) in [5, 5.41) is 16.4. The Kier molecular flexibility index (Phi) is 3.73. The molecular weight excluding hydrogens is 134 g/mol. The summed E-state index contributed by atoms with van der Waals surface area (Å²) in [6.07, 6.45) is 0.933. The fourth-order valence-corrected chi connectivity index (χ4v) is 0.291. The summed E-state index contributed by atoms with van der Waals surface area (Å²) in [5.74, 6) is -1.27. The van der Waals surface area contributed by atoms with Crippen LogP contribution < -0.4 is 0 Å². The first kappa shape index (κ1) is 8.50. The van der Waals surface area contributed by atoms with Crippen LogP contribution in [0.1, 0.15) is 6.92 Å². The topological polar surface area (TPSA) is 70.3 Å². The van der Waals surface area contributed by atoms with Gasteiger partial charge in [-0.25, -0.2) is 4.79 Å². The molecule has 0 saturated heterocycles. The lowest BCUT2D eigenvalue weighted by Gasteiger charge is -1.91. The summed E-state index contributed by atoms with van der Waals surface area (Å²) in [5.41, 5.74) is -0.387. The average Bonchev–Trinajstić information content (AvgIpc) is 1.89. The van der Waals surface area contributed by atoms with Crippen molar-refractivity contribution >= 4 is 5.97 Å². The van der Waals surface area contributed by atoms with Crippen LogP contribution in [0.5, 0.6) is 0 Å². The molecule has 0 aliphatic carbocycles. The van der Waals surface area contributed by atoms with Gasteiger partial charge in [0.15, 0.2) is 5.57 Å². The smallest absolute Gasteiger partial charge is 0.349 e. The van der Waals surface area contributed by atoms with E-state index in [1.807, 2.05) is 0 Å². The Morgan fingerprint density at radius 3 is 2.80 bits per heavy atom. The molecule has 0 aliphatic rings. The number of hydrogen-bond donors (Lipinski definition) is 1. The van der Waals surface area contributed by atoms with Gasteiger partial charge in [-0.3, -0.25) is 0 Å². The maximum absolute atomic E-state index is 10.1. The highest BCUT2D eigenvalue weighted by molar-refractivity contribution is 5.90. The molecular formula is C6H7NO3. The molecule has 1 N–H and O–H groups in total. The Bertz CT molecular complexity index is 190. The fraction of sp³-hybridized carbons (Fsp3) is 0.333. The van der Waals surface area contributed by atoms with Crippen molar-refractivity contribution in [2.75, 3.05) is 6.61 Å². The summed E-state index contributed by atoms with van der Waals surface area (Å²) in [6, 6.07) is 1.47. The van der Waals surface area contributed by atoms with E-state index in [9.17, 15) is 4.79 Å². The maximum atomic E-state index is 10.1. The second-order valence-electron chi connectivity index (χ2n) is 1.40. The van der Waals surface area contributed by atoms with Gasteiger partial charge in [0.25, 0.3) is 0 Å². The van der Waals surface area contributed by atoms with Gasteiger partial charge in [-0.1, -0.05) is 0 Å². The first-order valence-electron chi connectivity index (χ1n) is 2.67. The van der Waals surface area contributed by atoms with Gasteiger partial charge < -0.3 is 9.84 Å². The fourth-order valence-electron chi connectivity index (χ4n) is 0.291. The van der Waals surface area contributed by atoms with Gasteiger partial charge in [0.05, 0.1) is 6.61 Å². The third kappa shape index (κ3) is 2.72. The molecule has 0 aromatic heterocycles. The van der Waals surface area contributed by atoms with Crippen molar-refractivity contribution in [3.63, 3.8) is 0 Å². The third-order valence-electron chi connectivity index (χ3n) is 0.719. The Morgan fingerprint density at radius 1 is 1.90 bits per heavy atom. The number of nitriles is 1. The van der Waals surface area contributed by atoms with E-state index in [1.165, 1.54) is 6.07 Å². The number of carboxylic acids is 1. The number of nitrogens with zero attached hydrogens (tertiary/aromatic N) is 1. The van der Waals surface area contributed by atoms with Gasteiger partial charge in [0.2, 0.25) is 0 Å². The molecule has 4 heteroatoms. The maximum Gasteiger partial charge on any atom is 0.349 e.